The maximum atomic E-state index is 14.8. The number of rotatable bonds is 9. The number of hydrogen-bond donors (Lipinski definition) is 2. The van der Waals surface area contributed by atoms with Gasteiger partial charge in [-0.25, -0.2) is 9.18 Å². The highest BCUT2D eigenvalue weighted by Gasteiger charge is 2.33. The molecule has 4 rings (SSSR count). The number of aldehydes is 1. The molecule has 0 radical (unpaired) electrons. The Bertz CT molecular complexity index is 1070. The zero-order chi connectivity index (χ0) is 26.8. The maximum absolute atomic E-state index is 14.8. The summed E-state index contributed by atoms with van der Waals surface area (Å²) in [5.74, 6) is 0.274. The highest BCUT2D eigenvalue weighted by atomic mass is 19.1. The zero-order valence-corrected chi connectivity index (χ0v) is 20.8. The monoisotopic (exact) mass is 518 g/mol. The Morgan fingerprint density at radius 1 is 1.30 bits per heavy atom. The summed E-state index contributed by atoms with van der Waals surface area (Å²) in [7, 11) is 3.23. The lowest BCUT2D eigenvalue weighted by molar-refractivity contribution is -0.130. The van der Waals surface area contributed by atoms with Crippen molar-refractivity contribution in [2.75, 3.05) is 69.8 Å². The van der Waals surface area contributed by atoms with E-state index in [9.17, 15) is 18.8 Å². The number of piperazine rings is 1. The average Bonchev–Trinajstić information content (AvgIpc) is 3.57. The number of nitrogens with one attached hydrogen (secondary N) is 2. The van der Waals surface area contributed by atoms with Gasteiger partial charge < -0.3 is 34.4 Å². The van der Waals surface area contributed by atoms with Crippen LogP contribution in [0.25, 0.3) is 0 Å². The highest BCUT2D eigenvalue weighted by Crippen LogP contribution is 2.28. The second-order valence-corrected chi connectivity index (χ2v) is 8.19. The van der Waals surface area contributed by atoms with Crippen LogP contribution in [-0.4, -0.2) is 94.4 Å². The summed E-state index contributed by atoms with van der Waals surface area (Å²) in [4.78, 5) is 39.0. The number of likely N-dealkylation sites (N-methyl/N-ethyl adjacent to an activating group) is 1. The lowest BCUT2D eigenvalue weighted by atomic mass is 10.2. The van der Waals surface area contributed by atoms with Gasteiger partial charge in [-0.05, 0) is 31.8 Å². The Balaban J connectivity index is 0.000000468. The number of nitrogens with zero attached hydrogens (tertiary/aromatic N) is 4. The van der Waals surface area contributed by atoms with Gasteiger partial charge in [-0.2, -0.15) is 0 Å². The first-order valence-corrected chi connectivity index (χ1v) is 11.6. The minimum atomic E-state index is -0.520. The molecule has 200 valence electrons. The number of aromatic nitrogens is 1. The van der Waals surface area contributed by atoms with Gasteiger partial charge in [0.15, 0.2) is 17.9 Å². The quantitative estimate of drug-likeness (QED) is 0.369. The van der Waals surface area contributed by atoms with Gasteiger partial charge in [-0.1, -0.05) is 5.16 Å². The number of ether oxygens (including phenoxy) is 2. The summed E-state index contributed by atoms with van der Waals surface area (Å²) >= 11 is 0. The first kappa shape index (κ1) is 27.5. The number of halogens is 1. The molecule has 2 aliphatic heterocycles. The summed E-state index contributed by atoms with van der Waals surface area (Å²) in [6, 6.07) is 6.22. The number of benzene rings is 1. The minimum Gasteiger partial charge on any atom is -0.483 e. The second-order valence-electron chi connectivity index (χ2n) is 8.19. The molecule has 2 aromatic rings. The van der Waals surface area contributed by atoms with Crippen molar-refractivity contribution in [3.63, 3.8) is 0 Å². The molecule has 2 aliphatic rings. The predicted molar refractivity (Wildman–Crippen MR) is 133 cm³/mol. The number of methoxy groups -OCH3 is 1. The zero-order valence-electron chi connectivity index (χ0n) is 20.8. The van der Waals surface area contributed by atoms with Crippen LogP contribution in [0.3, 0.4) is 0 Å². The molecule has 1 unspecified atom stereocenters. The van der Waals surface area contributed by atoms with Crippen LogP contribution in [-0.2, 0) is 14.3 Å². The van der Waals surface area contributed by atoms with E-state index in [2.05, 4.69) is 26.9 Å². The van der Waals surface area contributed by atoms with Gasteiger partial charge in [0.05, 0.1) is 44.3 Å². The molecule has 2 N–H and O–H groups in total. The lowest BCUT2D eigenvalue weighted by Crippen LogP contribution is -2.50. The molecule has 0 spiro atoms. The molecule has 3 heterocycles. The van der Waals surface area contributed by atoms with Gasteiger partial charge in [-0.15, -0.1) is 0 Å². The van der Waals surface area contributed by atoms with Gasteiger partial charge in [0.2, 0.25) is 5.91 Å². The molecule has 0 saturated carbocycles. The largest absolute Gasteiger partial charge is 0.483 e. The average molecular weight is 519 g/mol. The fourth-order valence-corrected chi connectivity index (χ4v) is 3.80. The third kappa shape index (κ3) is 7.43. The van der Waals surface area contributed by atoms with Crippen molar-refractivity contribution in [2.45, 2.75) is 6.10 Å². The highest BCUT2D eigenvalue weighted by molar-refractivity contribution is 5.90. The van der Waals surface area contributed by atoms with Crippen molar-refractivity contribution < 1.29 is 32.8 Å². The van der Waals surface area contributed by atoms with Gasteiger partial charge in [0.1, 0.15) is 11.9 Å². The standard InChI is InChI=1S/C20H28FN5O4.C4H3NO2/c1-14(29-3)23-11-16-13-26(20(28)30-16)15-4-5-18(17(21)10-15)24-6-8-25(9-7-24)19(27)12-22-2;6-3-4-1-2-5-7-4/h4-5,10,16,22-23H,1,6-9,11-13H2,2-3H3;1-3H. The van der Waals surface area contributed by atoms with Gasteiger partial charge in [0.25, 0.3) is 0 Å². The van der Waals surface area contributed by atoms with Crippen LogP contribution in [0.2, 0.25) is 0 Å². The van der Waals surface area contributed by atoms with Crippen molar-refractivity contribution in [3.8, 4) is 0 Å². The van der Waals surface area contributed by atoms with E-state index in [0.717, 1.165) is 0 Å². The SMILES string of the molecule is C=C(NCC1CN(c2ccc(N3CCN(C(=O)CNC)CC3)c(F)c2)C(=O)O1)OC.O=Cc1ccno1. The van der Waals surface area contributed by atoms with Crippen LogP contribution in [0.5, 0.6) is 0 Å². The molecule has 1 aromatic heterocycles. The number of carbonyl (C=O) groups excluding carboxylic acids is 3. The molecule has 1 aromatic carbocycles. The topological polar surface area (TPSA) is 129 Å². The van der Waals surface area contributed by atoms with E-state index in [1.807, 2.05) is 4.90 Å². The van der Waals surface area contributed by atoms with Crippen LogP contribution < -0.4 is 20.4 Å². The van der Waals surface area contributed by atoms with Crippen LogP contribution in [0.1, 0.15) is 10.6 Å². The van der Waals surface area contributed by atoms with Crippen LogP contribution in [0.15, 0.2) is 47.4 Å². The normalized spacial score (nSPS) is 17.0. The summed E-state index contributed by atoms with van der Waals surface area (Å²) < 4.78 is 29.4. The van der Waals surface area contributed by atoms with Crippen LogP contribution in [0, 0.1) is 5.82 Å². The summed E-state index contributed by atoms with van der Waals surface area (Å²) in [6.45, 7) is 6.79. The first-order valence-electron chi connectivity index (χ1n) is 11.6. The Kier molecular flexibility index (Phi) is 9.84. The summed E-state index contributed by atoms with van der Waals surface area (Å²) in [5, 5.41) is 9.05. The smallest absolute Gasteiger partial charge is 0.414 e. The van der Waals surface area contributed by atoms with Crippen molar-refractivity contribution in [3.05, 3.63) is 54.5 Å². The van der Waals surface area contributed by atoms with Crippen LogP contribution in [0.4, 0.5) is 20.6 Å². The summed E-state index contributed by atoms with van der Waals surface area (Å²) in [5.41, 5.74) is 0.902. The lowest BCUT2D eigenvalue weighted by Gasteiger charge is -2.36. The van der Waals surface area contributed by atoms with Crippen molar-refractivity contribution >= 4 is 29.7 Å². The third-order valence-electron chi connectivity index (χ3n) is 5.77. The van der Waals surface area contributed by atoms with E-state index in [4.69, 9.17) is 9.47 Å². The molecule has 0 aliphatic carbocycles. The number of carbonyl (C=O) groups is 3. The second kappa shape index (κ2) is 13.3. The molecule has 2 saturated heterocycles. The maximum Gasteiger partial charge on any atom is 0.414 e. The molecule has 37 heavy (non-hydrogen) atoms. The summed E-state index contributed by atoms with van der Waals surface area (Å²) in [6.07, 6.45) is 1.11. The van der Waals surface area contributed by atoms with E-state index in [0.29, 0.717) is 69.4 Å². The Hall–Kier alpha value is -4.13. The van der Waals surface area contributed by atoms with E-state index in [1.54, 1.807) is 24.1 Å². The number of hydrogen-bond acceptors (Lipinski definition) is 10. The Morgan fingerprint density at radius 3 is 2.62 bits per heavy atom. The molecule has 1 atom stereocenters. The van der Waals surface area contributed by atoms with Crippen molar-refractivity contribution in [1.82, 2.24) is 20.7 Å². The Labute approximate surface area is 213 Å². The third-order valence-corrected chi connectivity index (χ3v) is 5.77. The molecular formula is C24H31FN6O6. The van der Waals surface area contributed by atoms with E-state index >= 15 is 0 Å². The predicted octanol–water partition coefficient (Wildman–Crippen LogP) is 1.21. The Morgan fingerprint density at radius 2 is 2.05 bits per heavy atom. The van der Waals surface area contributed by atoms with Gasteiger partial charge >= 0.3 is 6.09 Å². The van der Waals surface area contributed by atoms with E-state index in [1.165, 1.54) is 30.3 Å². The molecule has 2 amide bonds. The van der Waals surface area contributed by atoms with E-state index in [-0.39, 0.29) is 11.7 Å². The number of anilines is 2. The number of cyclic esters (lactones) is 1. The van der Waals surface area contributed by atoms with E-state index < -0.39 is 18.0 Å². The van der Waals surface area contributed by atoms with Gasteiger partial charge in [-0.3, -0.25) is 14.5 Å². The van der Waals surface area contributed by atoms with Crippen molar-refractivity contribution in [2.24, 2.45) is 0 Å². The molecule has 12 nitrogen and oxygen atoms in total. The molecule has 13 heteroatoms. The van der Waals surface area contributed by atoms with Crippen molar-refractivity contribution in [1.29, 1.82) is 0 Å². The number of amides is 2. The van der Waals surface area contributed by atoms with Gasteiger partial charge in [0, 0.05) is 32.2 Å². The molecular weight excluding hydrogens is 487 g/mol. The van der Waals surface area contributed by atoms with Crippen LogP contribution >= 0.6 is 0 Å². The fraction of sp³-hybridized carbons (Fsp3) is 0.417. The molecule has 2 fully saturated rings. The molecule has 0 bridgehead atoms. The fourth-order valence-electron chi connectivity index (χ4n) is 3.80. The minimum absolute atomic E-state index is 0.0404. The first-order chi connectivity index (χ1) is 17.9.